The standard InChI is InChI=1S/C15H9F3N4S/c16-15(17,18)10-4-2-1-3-9(10)8-20-14-13-11(5-6-23-13)21-12(7-19)22-14/h1-6H,8H2,(H,20,21,22). The highest BCUT2D eigenvalue weighted by Gasteiger charge is 2.32. The first-order valence-corrected chi connectivity index (χ1v) is 7.41. The van der Waals surface area contributed by atoms with Crippen LogP contribution in [0.1, 0.15) is 17.0 Å². The molecule has 23 heavy (non-hydrogen) atoms. The molecule has 0 unspecified atom stereocenters. The Kier molecular flexibility index (Phi) is 3.88. The molecule has 2 aromatic heterocycles. The molecule has 0 spiro atoms. The van der Waals surface area contributed by atoms with Crippen molar-refractivity contribution in [1.82, 2.24) is 9.97 Å². The molecule has 3 aromatic rings. The summed E-state index contributed by atoms with van der Waals surface area (Å²) in [5, 5.41) is 13.6. The van der Waals surface area contributed by atoms with E-state index in [-0.39, 0.29) is 17.9 Å². The molecule has 1 aromatic carbocycles. The second-order valence-corrected chi connectivity index (χ2v) is 5.57. The van der Waals surface area contributed by atoms with Gasteiger partial charge in [0.15, 0.2) is 0 Å². The number of hydrogen-bond donors (Lipinski definition) is 1. The van der Waals surface area contributed by atoms with Gasteiger partial charge in [-0.05, 0) is 23.1 Å². The van der Waals surface area contributed by atoms with Crippen LogP contribution in [0.5, 0.6) is 0 Å². The number of thiophene rings is 1. The van der Waals surface area contributed by atoms with Gasteiger partial charge in [-0.1, -0.05) is 18.2 Å². The minimum atomic E-state index is -4.42. The van der Waals surface area contributed by atoms with Crippen molar-refractivity contribution in [3.8, 4) is 6.07 Å². The molecule has 0 aliphatic rings. The number of rotatable bonds is 3. The molecule has 0 aliphatic carbocycles. The number of fused-ring (bicyclic) bond motifs is 1. The minimum Gasteiger partial charge on any atom is -0.365 e. The molecule has 4 nitrogen and oxygen atoms in total. The van der Waals surface area contributed by atoms with Gasteiger partial charge in [0.1, 0.15) is 11.9 Å². The van der Waals surface area contributed by atoms with Crippen LogP contribution in [-0.4, -0.2) is 9.97 Å². The molecule has 2 heterocycles. The second-order valence-electron chi connectivity index (χ2n) is 4.65. The number of nitrogens with zero attached hydrogens (tertiary/aromatic N) is 3. The molecule has 0 saturated heterocycles. The first-order chi connectivity index (χ1) is 11.0. The fraction of sp³-hybridized carbons (Fsp3) is 0.133. The van der Waals surface area contributed by atoms with Crippen LogP contribution >= 0.6 is 11.3 Å². The Hall–Kier alpha value is -2.66. The number of alkyl halides is 3. The van der Waals surface area contributed by atoms with Gasteiger partial charge < -0.3 is 5.32 Å². The predicted octanol–water partition coefficient (Wildman–Crippen LogP) is 4.19. The van der Waals surface area contributed by atoms with Gasteiger partial charge >= 0.3 is 6.18 Å². The molecule has 0 bridgehead atoms. The lowest BCUT2D eigenvalue weighted by atomic mass is 10.1. The van der Waals surface area contributed by atoms with Crippen LogP contribution in [0.25, 0.3) is 10.2 Å². The van der Waals surface area contributed by atoms with E-state index in [1.807, 2.05) is 6.07 Å². The first kappa shape index (κ1) is 15.2. The zero-order valence-electron chi connectivity index (χ0n) is 11.6. The van der Waals surface area contributed by atoms with E-state index >= 15 is 0 Å². The van der Waals surface area contributed by atoms with E-state index in [0.29, 0.717) is 16.0 Å². The quantitative estimate of drug-likeness (QED) is 0.780. The first-order valence-electron chi connectivity index (χ1n) is 6.53. The van der Waals surface area contributed by atoms with E-state index in [1.54, 1.807) is 17.5 Å². The lowest BCUT2D eigenvalue weighted by Gasteiger charge is -2.13. The summed E-state index contributed by atoms with van der Waals surface area (Å²) in [4.78, 5) is 8.09. The van der Waals surface area contributed by atoms with Crippen molar-refractivity contribution < 1.29 is 13.2 Å². The summed E-state index contributed by atoms with van der Waals surface area (Å²) in [6.07, 6.45) is -4.42. The SMILES string of the molecule is N#Cc1nc(NCc2ccccc2C(F)(F)F)c2sccc2n1. The Bertz CT molecular complexity index is 896. The van der Waals surface area contributed by atoms with Crippen LogP contribution in [0.4, 0.5) is 19.0 Å². The van der Waals surface area contributed by atoms with Crippen molar-refractivity contribution in [2.45, 2.75) is 12.7 Å². The molecule has 0 amide bonds. The number of nitriles is 1. The number of nitrogens with one attached hydrogen (secondary N) is 1. The van der Waals surface area contributed by atoms with Gasteiger partial charge in [0.05, 0.1) is 15.8 Å². The Balaban J connectivity index is 1.93. The maximum Gasteiger partial charge on any atom is 0.416 e. The van der Waals surface area contributed by atoms with Gasteiger partial charge in [-0.25, -0.2) is 9.97 Å². The number of anilines is 1. The Morgan fingerprint density at radius 1 is 1.17 bits per heavy atom. The van der Waals surface area contributed by atoms with Crippen LogP contribution in [0.3, 0.4) is 0 Å². The van der Waals surface area contributed by atoms with Crippen molar-refractivity contribution in [3.05, 3.63) is 52.7 Å². The van der Waals surface area contributed by atoms with Gasteiger partial charge in [0.2, 0.25) is 5.82 Å². The van der Waals surface area contributed by atoms with Crippen molar-refractivity contribution in [3.63, 3.8) is 0 Å². The normalized spacial score (nSPS) is 11.4. The molecule has 3 rings (SSSR count). The monoisotopic (exact) mass is 334 g/mol. The second kappa shape index (κ2) is 5.85. The summed E-state index contributed by atoms with van der Waals surface area (Å²) >= 11 is 1.36. The van der Waals surface area contributed by atoms with Gasteiger partial charge in [-0.3, -0.25) is 0 Å². The van der Waals surface area contributed by atoms with E-state index < -0.39 is 11.7 Å². The maximum absolute atomic E-state index is 13.0. The van der Waals surface area contributed by atoms with E-state index in [9.17, 15) is 13.2 Å². The fourth-order valence-corrected chi connectivity index (χ4v) is 2.96. The molecule has 8 heteroatoms. The van der Waals surface area contributed by atoms with Crippen LogP contribution < -0.4 is 5.32 Å². The van der Waals surface area contributed by atoms with E-state index in [2.05, 4.69) is 15.3 Å². The molecule has 0 aliphatic heterocycles. The van der Waals surface area contributed by atoms with Crippen molar-refractivity contribution >= 4 is 27.4 Å². The summed E-state index contributed by atoms with van der Waals surface area (Å²) in [7, 11) is 0. The van der Waals surface area contributed by atoms with Crippen LogP contribution in [0.15, 0.2) is 35.7 Å². The predicted molar refractivity (Wildman–Crippen MR) is 80.9 cm³/mol. The minimum absolute atomic E-state index is 0.0255. The average Bonchev–Trinajstić information content (AvgIpc) is 3.00. The molecule has 0 radical (unpaired) electrons. The number of hydrogen-bond acceptors (Lipinski definition) is 5. The van der Waals surface area contributed by atoms with Crippen molar-refractivity contribution in [2.75, 3.05) is 5.32 Å². The van der Waals surface area contributed by atoms with Crippen LogP contribution in [0, 0.1) is 11.3 Å². The molecule has 0 saturated carbocycles. The molecule has 0 atom stereocenters. The summed E-state index contributed by atoms with van der Waals surface area (Å²) in [5.74, 6) is 0.334. The largest absolute Gasteiger partial charge is 0.416 e. The number of benzene rings is 1. The summed E-state index contributed by atoms with van der Waals surface area (Å²) in [6, 6.07) is 8.93. The Labute approximate surface area is 133 Å². The maximum atomic E-state index is 13.0. The molecule has 116 valence electrons. The van der Waals surface area contributed by atoms with Gasteiger partial charge in [0.25, 0.3) is 0 Å². The van der Waals surface area contributed by atoms with E-state index in [1.165, 1.54) is 23.5 Å². The highest BCUT2D eigenvalue weighted by Crippen LogP contribution is 2.32. The summed E-state index contributed by atoms with van der Waals surface area (Å²) in [5.41, 5.74) is 0.0134. The van der Waals surface area contributed by atoms with Crippen molar-refractivity contribution in [2.24, 2.45) is 0 Å². The van der Waals surface area contributed by atoms with Gasteiger partial charge in [-0.2, -0.15) is 18.4 Å². The van der Waals surface area contributed by atoms with Crippen LogP contribution in [0.2, 0.25) is 0 Å². The zero-order chi connectivity index (χ0) is 16.4. The highest BCUT2D eigenvalue weighted by molar-refractivity contribution is 7.17. The zero-order valence-corrected chi connectivity index (χ0v) is 12.4. The smallest absolute Gasteiger partial charge is 0.365 e. The fourth-order valence-electron chi connectivity index (χ4n) is 2.16. The topological polar surface area (TPSA) is 61.6 Å². The average molecular weight is 334 g/mol. The van der Waals surface area contributed by atoms with E-state index in [4.69, 9.17) is 5.26 Å². The third-order valence-electron chi connectivity index (χ3n) is 3.17. The van der Waals surface area contributed by atoms with Crippen LogP contribution in [-0.2, 0) is 12.7 Å². The van der Waals surface area contributed by atoms with E-state index in [0.717, 1.165) is 6.07 Å². The number of aromatic nitrogens is 2. The third kappa shape index (κ3) is 3.10. The lowest BCUT2D eigenvalue weighted by Crippen LogP contribution is -2.12. The molecular weight excluding hydrogens is 325 g/mol. The highest BCUT2D eigenvalue weighted by atomic mass is 32.1. The summed E-state index contributed by atoms with van der Waals surface area (Å²) < 4.78 is 39.7. The Morgan fingerprint density at radius 3 is 2.70 bits per heavy atom. The lowest BCUT2D eigenvalue weighted by molar-refractivity contribution is -0.138. The third-order valence-corrected chi connectivity index (χ3v) is 4.08. The number of halogens is 3. The summed E-state index contributed by atoms with van der Waals surface area (Å²) in [6.45, 7) is -0.0510. The molecular formula is C15H9F3N4S. The van der Waals surface area contributed by atoms with Gasteiger partial charge in [-0.15, -0.1) is 11.3 Å². The Morgan fingerprint density at radius 2 is 1.96 bits per heavy atom. The molecule has 1 N–H and O–H groups in total. The molecule has 0 fully saturated rings. The van der Waals surface area contributed by atoms with Crippen molar-refractivity contribution in [1.29, 1.82) is 5.26 Å². The van der Waals surface area contributed by atoms with Gasteiger partial charge in [0, 0.05) is 6.54 Å².